The average molecular weight is 307 g/mol. The third kappa shape index (κ3) is 9.72. The summed E-state index contributed by atoms with van der Waals surface area (Å²) in [4.78, 5) is 0. The summed E-state index contributed by atoms with van der Waals surface area (Å²) in [6, 6.07) is 0.463. The molecule has 0 atom stereocenters. The number of hydrogen-bond donors (Lipinski definition) is 1. The van der Waals surface area contributed by atoms with Crippen molar-refractivity contribution in [1.82, 2.24) is 9.62 Å². The first-order valence-corrected chi connectivity index (χ1v) is 9.47. The van der Waals surface area contributed by atoms with Gasteiger partial charge in [0.2, 0.25) is 10.0 Å². The van der Waals surface area contributed by atoms with Crippen LogP contribution in [0, 0.1) is 11.8 Å². The average Bonchev–Trinajstić information content (AvgIpc) is 2.25. The third-order valence-electron chi connectivity index (χ3n) is 2.91. The maximum atomic E-state index is 12.4. The van der Waals surface area contributed by atoms with Crippen LogP contribution in [0.2, 0.25) is 0 Å². The van der Waals surface area contributed by atoms with Crippen LogP contribution in [0.15, 0.2) is 0 Å². The van der Waals surface area contributed by atoms with Gasteiger partial charge in [-0.25, -0.2) is 12.7 Å². The van der Waals surface area contributed by atoms with Gasteiger partial charge in [0.25, 0.3) is 0 Å². The van der Waals surface area contributed by atoms with Crippen LogP contribution in [-0.2, 0) is 10.0 Å². The maximum Gasteiger partial charge on any atom is 0.214 e. The van der Waals surface area contributed by atoms with Crippen LogP contribution in [0.1, 0.15) is 54.4 Å². The molecule has 0 aliphatic carbocycles. The Bertz CT molecular complexity index is 328. The number of rotatable bonds is 11. The maximum absolute atomic E-state index is 12.4. The number of hydrogen-bond acceptors (Lipinski definition) is 3. The van der Waals surface area contributed by atoms with Gasteiger partial charge in [0, 0.05) is 19.1 Å². The SMILES string of the molecule is CC(C)CN(CC(C)C)S(=O)(=O)CCCCNC(C)C. The highest BCUT2D eigenvalue weighted by Crippen LogP contribution is 2.11. The Morgan fingerprint density at radius 2 is 1.40 bits per heavy atom. The van der Waals surface area contributed by atoms with Gasteiger partial charge in [-0.2, -0.15) is 0 Å². The molecule has 0 aliphatic heterocycles. The lowest BCUT2D eigenvalue weighted by Crippen LogP contribution is -2.38. The number of sulfonamides is 1. The molecule has 0 unspecified atom stereocenters. The molecule has 5 heteroatoms. The molecule has 0 aromatic carbocycles. The fourth-order valence-electron chi connectivity index (χ4n) is 2.05. The van der Waals surface area contributed by atoms with E-state index < -0.39 is 10.0 Å². The predicted molar refractivity (Wildman–Crippen MR) is 87.4 cm³/mol. The van der Waals surface area contributed by atoms with E-state index in [4.69, 9.17) is 0 Å². The lowest BCUT2D eigenvalue weighted by atomic mass is 10.2. The van der Waals surface area contributed by atoms with E-state index in [0.29, 0.717) is 31.0 Å². The fraction of sp³-hybridized carbons (Fsp3) is 1.00. The molecule has 0 aliphatic rings. The van der Waals surface area contributed by atoms with E-state index in [1.54, 1.807) is 4.31 Å². The molecule has 0 spiro atoms. The van der Waals surface area contributed by atoms with Crippen molar-refractivity contribution in [2.75, 3.05) is 25.4 Å². The van der Waals surface area contributed by atoms with Gasteiger partial charge < -0.3 is 5.32 Å². The number of nitrogens with zero attached hydrogens (tertiary/aromatic N) is 1. The molecule has 0 aromatic rings. The van der Waals surface area contributed by atoms with E-state index in [-0.39, 0.29) is 5.75 Å². The molecule has 1 N–H and O–H groups in total. The van der Waals surface area contributed by atoms with Gasteiger partial charge in [-0.15, -0.1) is 0 Å². The fourth-order valence-corrected chi connectivity index (χ4v) is 3.92. The molecular weight excluding hydrogens is 272 g/mol. The lowest BCUT2D eigenvalue weighted by molar-refractivity contribution is 0.333. The van der Waals surface area contributed by atoms with E-state index in [0.717, 1.165) is 19.4 Å². The highest BCUT2D eigenvalue weighted by Gasteiger charge is 2.23. The first-order valence-electron chi connectivity index (χ1n) is 7.86. The molecule has 0 aromatic heterocycles. The van der Waals surface area contributed by atoms with Crippen LogP contribution in [0.4, 0.5) is 0 Å². The van der Waals surface area contributed by atoms with Crippen molar-refractivity contribution in [3.63, 3.8) is 0 Å². The number of unbranched alkanes of at least 4 members (excludes halogenated alkanes) is 1. The Hall–Kier alpha value is -0.130. The Labute approximate surface area is 126 Å². The summed E-state index contributed by atoms with van der Waals surface area (Å²) in [6.07, 6.45) is 1.64. The molecule has 4 nitrogen and oxygen atoms in total. The Balaban J connectivity index is 4.32. The van der Waals surface area contributed by atoms with Crippen molar-refractivity contribution < 1.29 is 8.42 Å². The summed E-state index contributed by atoms with van der Waals surface area (Å²) in [5, 5.41) is 3.32. The van der Waals surface area contributed by atoms with Gasteiger partial charge in [-0.3, -0.25) is 0 Å². The zero-order valence-corrected chi connectivity index (χ0v) is 15.0. The van der Waals surface area contributed by atoms with Gasteiger partial charge in [-0.1, -0.05) is 41.5 Å². The van der Waals surface area contributed by atoms with E-state index in [1.165, 1.54) is 0 Å². The highest BCUT2D eigenvalue weighted by molar-refractivity contribution is 7.89. The topological polar surface area (TPSA) is 49.4 Å². The molecule has 20 heavy (non-hydrogen) atoms. The number of nitrogens with one attached hydrogen (secondary N) is 1. The van der Waals surface area contributed by atoms with Crippen LogP contribution in [0.3, 0.4) is 0 Å². The third-order valence-corrected chi connectivity index (χ3v) is 4.80. The zero-order valence-electron chi connectivity index (χ0n) is 14.1. The zero-order chi connectivity index (χ0) is 15.8. The molecule has 0 radical (unpaired) electrons. The van der Waals surface area contributed by atoms with Crippen molar-refractivity contribution in [3.8, 4) is 0 Å². The second-order valence-corrected chi connectivity index (χ2v) is 8.83. The van der Waals surface area contributed by atoms with Crippen molar-refractivity contribution in [2.45, 2.75) is 60.4 Å². The summed E-state index contributed by atoms with van der Waals surface area (Å²) in [5.41, 5.74) is 0. The van der Waals surface area contributed by atoms with Crippen LogP contribution in [0.25, 0.3) is 0 Å². The lowest BCUT2D eigenvalue weighted by Gasteiger charge is -2.25. The first kappa shape index (κ1) is 19.9. The van der Waals surface area contributed by atoms with Crippen LogP contribution in [0.5, 0.6) is 0 Å². The van der Waals surface area contributed by atoms with Crippen molar-refractivity contribution in [1.29, 1.82) is 0 Å². The van der Waals surface area contributed by atoms with Crippen LogP contribution < -0.4 is 5.32 Å². The van der Waals surface area contributed by atoms with Crippen molar-refractivity contribution in [2.24, 2.45) is 11.8 Å². The second-order valence-electron chi connectivity index (χ2n) is 6.74. The monoisotopic (exact) mass is 306 g/mol. The largest absolute Gasteiger partial charge is 0.315 e. The van der Waals surface area contributed by atoms with E-state index >= 15 is 0 Å². The van der Waals surface area contributed by atoms with Crippen LogP contribution >= 0.6 is 0 Å². The minimum absolute atomic E-state index is 0.270. The summed E-state index contributed by atoms with van der Waals surface area (Å²) in [5.74, 6) is 1.00. The molecule has 0 fully saturated rings. The standard InChI is InChI=1S/C15H34N2O2S/c1-13(2)11-17(12-14(3)4)20(18,19)10-8-7-9-16-15(5)6/h13-16H,7-12H2,1-6H3. The van der Waals surface area contributed by atoms with E-state index in [1.807, 2.05) is 0 Å². The minimum atomic E-state index is -3.11. The summed E-state index contributed by atoms with van der Waals surface area (Å²) in [6.45, 7) is 14.6. The Morgan fingerprint density at radius 3 is 1.80 bits per heavy atom. The van der Waals surface area contributed by atoms with Gasteiger partial charge in [-0.05, 0) is 31.2 Å². The van der Waals surface area contributed by atoms with Gasteiger partial charge in [0.05, 0.1) is 5.75 Å². The molecule has 0 amide bonds. The summed E-state index contributed by atoms with van der Waals surface area (Å²) >= 11 is 0. The molecule has 0 saturated carbocycles. The Kier molecular flexibility index (Phi) is 9.68. The molecule has 0 bridgehead atoms. The van der Waals surface area contributed by atoms with Gasteiger partial charge >= 0.3 is 0 Å². The molecule has 0 rings (SSSR count). The normalized spacial score (nSPS) is 13.1. The second kappa shape index (κ2) is 9.74. The molecule has 0 heterocycles. The summed E-state index contributed by atoms with van der Waals surface area (Å²) in [7, 11) is -3.11. The summed E-state index contributed by atoms with van der Waals surface area (Å²) < 4.78 is 26.5. The van der Waals surface area contributed by atoms with Crippen molar-refractivity contribution >= 4 is 10.0 Å². The van der Waals surface area contributed by atoms with E-state index in [2.05, 4.69) is 46.9 Å². The quantitative estimate of drug-likeness (QED) is 0.597. The smallest absolute Gasteiger partial charge is 0.214 e. The van der Waals surface area contributed by atoms with Gasteiger partial charge in [0.1, 0.15) is 0 Å². The molecule has 0 saturated heterocycles. The Morgan fingerprint density at radius 1 is 0.900 bits per heavy atom. The highest BCUT2D eigenvalue weighted by atomic mass is 32.2. The first-order chi connectivity index (χ1) is 9.15. The predicted octanol–water partition coefficient (Wildman–Crippen LogP) is 2.71. The van der Waals surface area contributed by atoms with E-state index in [9.17, 15) is 8.42 Å². The van der Waals surface area contributed by atoms with Gasteiger partial charge in [0.15, 0.2) is 0 Å². The van der Waals surface area contributed by atoms with Crippen molar-refractivity contribution in [3.05, 3.63) is 0 Å². The minimum Gasteiger partial charge on any atom is -0.315 e. The molecular formula is C15H34N2O2S. The van der Waals surface area contributed by atoms with Crippen LogP contribution in [-0.4, -0.2) is 44.2 Å². The molecule has 122 valence electrons.